The second-order valence-electron chi connectivity index (χ2n) is 3.42. The summed E-state index contributed by atoms with van der Waals surface area (Å²) in [4.78, 5) is 11.1. The van der Waals surface area contributed by atoms with Crippen LogP contribution in [0, 0.1) is 5.92 Å². The van der Waals surface area contributed by atoms with Gasteiger partial charge in [0.15, 0.2) is 0 Å². The molecule has 0 aromatic rings. The smallest absolute Gasteiger partial charge is 0.233 e. The van der Waals surface area contributed by atoms with Gasteiger partial charge in [0, 0.05) is 19.8 Å². The zero-order valence-corrected chi connectivity index (χ0v) is 9.47. The lowest BCUT2D eigenvalue weighted by atomic mass is 10.0. The lowest BCUT2D eigenvalue weighted by Crippen LogP contribution is -2.35. The molecule has 1 aliphatic rings. The van der Waals surface area contributed by atoms with E-state index in [2.05, 4.69) is 21.2 Å². The molecule has 1 heterocycles. The lowest BCUT2D eigenvalue weighted by Gasteiger charge is -2.22. The number of carbonyl (C=O) groups is 1. The van der Waals surface area contributed by atoms with Crippen LogP contribution in [0.3, 0.4) is 0 Å². The Kier molecular flexibility index (Phi) is 4.73. The standard InChI is InChI=1S/C9H16BrNO2/c1-7(10)9(12)11-6-8-2-4-13-5-3-8/h7-8H,2-6H2,1H3,(H,11,12). The van der Waals surface area contributed by atoms with E-state index in [-0.39, 0.29) is 10.7 Å². The van der Waals surface area contributed by atoms with Gasteiger partial charge in [-0.15, -0.1) is 0 Å². The van der Waals surface area contributed by atoms with Crippen molar-refractivity contribution in [3.63, 3.8) is 0 Å². The molecular weight excluding hydrogens is 234 g/mol. The molecule has 0 aromatic carbocycles. The number of nitrogens with one attached hydrogen (secondary N) is 1. The van der Waals surface area contributed by atoms with Crippen LogP contribution in [-0.4, -0.2) is 30.5 Å². The van der Waals surface area contributed by atoms with Gasteiger partial charge in [0.05, 0.1) is 4.83 Å². The SMILES string of the molecule is CC(Br)C(=O)NCC1CCOCC1. The van der Waals surface area contributed by atoms with Crippen molar-refractivity contribution in [1.29, 1.82) is 0 Å². The summed E-state index contributed by atoms with van der Waals surface area (Å²) in [5.74, 6) is 0.676. The van der Waals surface area contributed by atoms with E-state index in [9.17, 15) is 4.79 Å². The van der Waals surface area contributed by atoms with Crippen LogP contribution >= 0.6 is 15.9 Å². The molecule has 1 atom stereocenters. The van der Waals surface area contributed by atoms with Gasteiger partial charge >= 0.3 is 0 Å². The van der Waals surface area contributed by atoms with Crippen LogP contribution in [-0.2, 0) is 9.53 Å². The summed E-state index contributed by atoms with van der Waals surface area (Å²) in [6, 6.07) is 0. The van der Waals surface area contributed by atoms with Crippen molar-refractivity contribution in [3.05, 3.63) is 0 Å². The highest BCUT2D eigenvalue weighted by Crippen LogP contribution is 2.13. The summed E-state index contributed by atoms with van der Waals surface area (Å²) < 4.78 is 5.23. The van der Waals surface area contributed by atoms with Gasteiger partial charge in [0.25, 0.3) is 0 Å². The molecule has 4 heteroatoms. The summed E-state index contributed by atoms with van der Waals surface area (Å²) in [7, 11) is 0. The monoisotopic (exact) mass is 249 g/mol. The first kappa shape index (κ1) is 11.0. The van der Waals surface area contributed by atoms with Gasteiger partial charge in [-0.1, -0.05) is 15.9 Å². The predicted octanol–water partition coefficient (Wildman–Crippen LogP) is 1.31. The molecule has 1 unspecified atom stereocenters. The second kappa shape index (κ2) is 5.60. The van der Waals surface area contributed by atoms with Crippen LogP contribution < -0.4 is 5.32 Å². The van der Waals surface area contributed by atoms with E-state index in [0.717, 1.165) is 32.6 Å². The van der Waals surface area contributed by atoms with E-state index in [1.165, 1.54) is 0 Å². The maximum Gasteiger partial charge on any atom is 0.233 e. The fourth-order valence-electron chi connectivity index (χ4n) is 1.34. The number of halogens is 1. The molecule has 0 radical (unpaired) electrons. The van der Waals surface area contributed by atoms with Crippen LogP contribution in [0.4, 0.5) is 0 Å². The Balaban J connectivity index is 2.13. The molecule has 1 aliphatic heterocycles. The summed E-state index contributed by atoms with van der Waals surface area (Å²) in [5, 5.41) is 2.91. The first-order valence-electron chi connectivity index (χ1n) is 4.69. The fraction of sp³-hybridized carbons (Fsp3) is 0.889. The van der Waals surface area contributed by atoms with Gasteiger partial charge in [-0.3, -0.25) is 4.79 Å². The molecule has 1 amide bonds. The second-order valence-corrected chi connectivity index (χ2v) is 4.79. The number of ether oxygens (including phenoxy) is 1. The molecule has 3 nitrogen and oxygen atoms in total. The average molecular weight is 250 g/mol. The molecule has 1 N–H and O–H groups in total. The Morgan fingerprint density at radius 2 is 2.23 bits per heavy atom. The van der Waals surface area contributed by atoms with Gasteiger partial charge in [0.2, 0.25) is 5.91 Å². The van der Waals surface area contributed by atoms with Crippen molar-refractivity contribution in [1.82, 2.24) is 5.32 Å². The quantitative estimate of drug-likeness (QED) is 0.767. The van der Waals surface area contributed by atoms with E-state index in [0.29, 0.717) is 5.92 Å². The van der Waals surface area contributed by atoms with E-state index in [4.69, 9.17) is 4.74 Å². The normalized spacial score (nSPS) is 21.1. The first-order chi connectivity index (χ1) is 6.20. The highest BCUT2D eigenvalue weighted by atomic mass is 79.9. The Morgan fingerprint density at radius 3 is 2.77 bits per heavy atom. The van der Waals surface area contributed by atoms with Crippen molar-refractivity contribution in [2.24, 2.45) is 5.92 Å². The van der Waals surface area contributed by atoms with Crippen LogP contribution in [0.2, 0.25) is 0 Å². The molecule has 1 rings (SSSR count). The van der Waals surface area contributed by atoms with Gasteiger partial charge in [-0.2, -0.15) is 0 Å². The Bertz CT molecular complexity index is 167. The molecule has 0 saturated carbocycles. The number of rotatable bonds is 3. The van der Waals surface area contributed by atoms with E-state index < -0.39 is 0 Å². The van der Waals surface area contributed by atoms with E-state index in [1.807, 2.05) is 6.92 Å². The summed E-state index contributed by atoms with van der Waals surface area (Å²) in [6.07, 6.45) is 2.13. The number of hydrogen-bond acceptors (Lipinski definition) is 2. The number of alkyl halides is 1. The molecule has 0 bridgehead atoms. The molecule has 0 spiro atoms. The Labute approximate surface area is 87.3 Å². The van der Waals surface area contributed by atoms with Gasteiger partial charge < -0.3 is 10.1 Å². The largest absolute Gasteiger partial charge is 0.381 e. The third-order valence-corrected chi connectivity index (χ3v) is 2.68. The zero-order chi connectivity index (χ0) is 9.68. The van der Waals surface area contributed by atoms with Crippen molar-refractivity contribution >= 4 is 21.8 Å². The Hall–Kier alpha value is -0.0900. The van der Waals surface area contributed by atoms with Crippen molar-refractivity contribution in [3.8, 4) is 0 Å². The summed E-state index contributed by atoms with van der Waals surface area (Å²) in [6.45, 7) is 4.30. The van der Waals surface area contributed by atoms with Crippen molar-refractivity contribution < 1.29 is 9.53 Å². The lowest BCUT2D eigenvalue weighted by molar-refractivity contribution is -0.120. The molecule has 0 aromatic heterocycles. The third-order valence-electron chi connectivity index (χ3n) is 2.27. The molecule has 1 saturated heterocycles. The minimum atomic E-state index is -0.0904. The zero-order valence-electron chi connectivity index (χ0n) is 7.88. The minimum absolute atomic E-state index is 0.0755. The third kappa shape index (κ3) is 4.09. The van der Waals surface area contributed by atoms with Crippen LogP contribution in [0.5, 0.6) is 0 Å². The van der Waals surface area contributed by atoms with Crippen molar-refractivity contribution in [2.75, 3.05) is 19.8 Å². The highest BCUT2D eigenvalue weighted by molar-refractivity contribution is 9.10. The molecular formula is C9H16BrNO2. The van der Waals surface area contributed by atoms with Crippen LogP contribution in [0.25, 0.3) is 0 Å². The maximum atomic E-state index is 11.2. The topological polar surface area (TPSA) is 38.3 Å². The van der Waals surface area contributed by atoms with Crippen LogP contribution in [0.1, 0.15) is 19.8 Å². The fourth-order valence-corrected chi connectivity index (χ4v) is 1.50. The van der Waals surface area contributed by atoms with Gasteiger partial charge in [0.1, 0.15) is 0 Å². The maximum absolute atomic E-state index is 11.2. The first-order valence-corrected chi connectivity index (χ1v) is 5.61. The van der Waals surface area contributed by atoms with Gasteiger partial charge in [-0.05, 0) is 25.7 Å². The van der Waals surface area contributed by atoms with E-state index >= 15 is 0 Å². The molecule has 1 fully saturated rings. The number of carbonyl (C=O) groups excluding carboxylic acids is 1. The Morgan fingerprint density at radius 1 is 1.62 bits per heavy atom. The van der Waals surface area contributed by atoms with E-state index in [1.54, 1.807) is 0 Å². The van der Waals surface area contributed by atoms with Crippen molar-refractivity contribution in [2.45, 2.75) is 24.6 Å². The van der Waals surface area contributed by atoms with Gasteiger partial charge in [-0.25, -0.2) is 0 Å². The highest BCUT2D eigenvalue weighted by Gasteiger charge is 2.15. The van der Waals surface area contributed by atoms with Crippen LogP contribution in [0.15, 0.2) is 0 Å². The summed E-state index contributed by atoms with van der Waals surface area (Å²) in [5.41, 5.74) is 0. The number of amides is 1. The minimum Gasteiger partial charge on any atom is -0.381 e. The molecule has 0 aliphatic carbocycles. The summed E-state index contributed by atoms with van der Waals surface area (Å²) >= 11 is 3.23. The molecule has 13 heavy (non-hydrogen) atoms. The predicted molar refractivity (Wildman–Crippen MR) is 54.9 cm³/mol. The average Bonchev–Trinajstić information content (AvgIpc) is 2.15. The molecule has 76 valence electrons. The number of hydrogen-bond donors (Lipinski definition) is 1.